The average molecular weight is 517 g/mol. The van der Waals surface area contributed by atoms with Gasteiger partial charge in [0.1, 0.15) is 34.1 Å². The van der Waals surface area contributed by atoms with Gasteiger partial charge in [-0.2, -0.15) is 0 Å². The fourth-order valence-electron chi connectivity index (χ4n) is 3.51. The summed E-state index contributed by atoms with van der Waals surface area (Å²) < 4.78 is 15.9. The van der Waals surface area contributed by atoms with Crippen LogP contribution in [0.5, 0.6) is 5.88 Å². The molecule has 0 bridgehead atoms. The van der Waals surface area contributed by atoms with E-state index in [9.17, 15) is 9.59 Å². The van der Waals surface area contributed by atoms with Gasteiger partial charge in [0.05, 0.1) is 19.3 Å². The number of rotatable bonds is 7. The summed E-state index contributed by atoms with van der Waals surface area (Å²) in [6.45, 7) is 7.15. The first-order chi connectivity index (χ1) is 18.1. The van der Waals surface area contributed by atoms with Crippen LogP contribution in [0.1, 0.15) is 42.7 Å². The van der Waals surface area contributed by atoms with Crippen molar-refractivity contribution in [2.75, 3.05) is 12.4 Å². The van der Waals surface area contributed by atoms with Gasteiger partial charge in [0, 0.05) is 23.5 Å². The number of methoxy groups -OCH3 is 1. The monoisotopic (exact) mass is 516 g/mol. The zero-order chi connectivity index (χ0) is 27.3. The van der Waals surface area contributed by atoms with Gasteiger partial charge in [0.25, 0.3) is 5.91 Å². The number of amides is 2. The van der Waals surface area contributed by atoms with Crippen molar-refractivity contribution in [1.29, 1.82) is 0 Å². The number of carbonyl (C=O) groups is 2. The van der Waals surface area contributed by atoms with Crippen molar-refractivity contribution in [3.05, 3.63) is 72.0 Å². The van der Waals surface area contributed by atoms with Gasteiger partial charge in [-0.15, -0.1) is 0 Å². The van der Waals surface area contributed by atoms with E-state index in [1.54, 1.807) is 52.2 Å². The third kappa shape index (κ3) is 6.30. The smallest absolute Gasteiger partial charge is 0.408 e. The molecular formula is C27H28N6O5. The fourth-order valence-corrected chi connectivity index (χ4v) is 3.51. The Morgan fingerprint density at radius 3 is 2.37 bits per heavy atom. The average Bonchev–Trinajstić information content (AvgIpc) is 3.29. The fraction of sp³-hybridized carbons (Fsp3) is 0.259. The summed E-state index contributed by atoms with van der Waals surface area (Å²) in [5.74, 6) is 0.611. The summed E-state index contributed by atoms with van der Waals surface area (Å²) in [7, 11) is 1.46. The minimum absolute atomic E-state index is 0.115. The molecule has 2 amide bonds. The first-order valence-electron chi connectivity index (χ1n) is 11.8. The standard InChI is InChI=1S/C27H28N6O5/c1-16-22(23(33-38-16)17-9-7-6-8-10-17)24(34)31-20-12-11-19(32-25(20)36-5)18-13-28-21(29-14-18)15-30-26(35)37-27(2,3)4/h6-14H,15H2,1-5H3,(H,30,35)(H,31,34). The topological polar surface area (TPSA) is 141 Å². The molecule has 0 atom stereocenters. The molecule has 196 valence electrons. The van der Waals surface area contributed by atoms with Crippen molar-refractivity contribution in [1.82, 2.24) is 25.4 Å². The van der Waals surface area contributed by atoms with Gasteiger partial charge < -0.3 is 24.6 Å². The van der Waals surface area contributed by atoms with E-state index in [0.717, 1.165) is 5.56 Å². The van der Waals surface area contributed by atoms with Gasteiger partial charge in [-0.05, 0) is 39.8 Å². The summed E-state index contributed by atoms with van der Waals surface area (Å²) >= 11 is 0. The van der Waals surface area contributed by atoms with Crippen LogP contribution in [-0.2, 0) is 11.3 Å². The number of carbonyl (C=O) groups excluding carboxylic acids is 2. The molecule has 0 aliphatic heterocycles. The highest BCUT2D eigenvalue weighted by atomic mass is 16.6. The van der Waals surface area contributed by atoms with Crippen molar-refractivity contribution in [2.45, 2.75) is 39.8 Å². The van der Waals surface area contributed by atoms with Gasteiger partial charge >= 0.3 is 6.09 Å². The summed E-state index contributed by atoms with van der Waals surface area (Å²) in [6, 6.07) is 12.7. The molecule has 0 saturated carbocycles. The second-order valence-electron chi connectivity index (χ2n) is 9.28. The Bertz CT molecular complexity index is 1430. The number of aryl methyl sites for hydroxylation is 1. The number of anilines is 1. The Kier molecular flexibility index (Phi) is 7.66. The van der Waals surface area contributed by atoms with E-state index in [0.29, 0.717) is 39.8 Å². The zero-order valence-electron chi connectivity index (χ0n) is 21.7. The molecule has 11 heteroatoms. The maximum absolute atomic E-state index is 13.2. The van der Waals surface area contributed by atoms with Crippen LogP contribution < -0.4 is 15.4 Å². The molecule has 2 N–H and O–H groups in total. The maximum atomic E-state index is 13.2. The number of hydrogen-bond donors (Lipinski definition) is 2. The van der Waals surface area contributed by atoms with Crippen molar-refractivity contribution < 1.29 is 23.6 Å². The van der Waals surface area contributed by atoms with E-state index in [1.807, 2.05) is 30.3 Å². The number of pyridine rings is 1. The lowest BCUT2D eigenvalue weighted by Crippen LogP contribution is -2.32. The molecule has 0 unspecified atom stereocenters. The lowest BCUT2D eigenvalue weighted by atomic mass is 10.1. The number of benzene rings is 1. The van der Waals surface area contributed by atoms with Crippen LogP contribution in [-0.4, -0.2) is 44.8 Å². The van der Waals surface area contributed by atoms with E-state index in [2.05, 4.69) is 30.7 Å². The zero-order valence-corrected chi connectivity index (χ0v) is 21.7. The van der Waals surface area contributed by atoms with E-state index in [1.165, 1.54) is 7.11 Å². The third-order valence-electron chi connectivity index (χ3n) is 5.23. The molecule has 4 rings (SSSR count). The minimum atomic E-state index is -0.594. The predicted octanol–water partition coefficient (Wildman–Crippen LogP) is 4.79. The Hall–Kier alpha value is -4.80. The number of alkyl carbamates (subject to hydrolysis) is 1. The van der Waals surface area contributed by atoms with Crippen molar-refractivity contribution >= 4 is 17.7 Å². The highest BCUT2D eigenvalue weighted by molar-refractivity contribution is 6.09. The molecule has 3 aromatic heterocycles. The van der Waals surface area contributed by atoms with Crippen LogP contribution in [0.25, 0.3) is 22.5 Å². The molecule has 0 saturated heterocycles. The Morgan fingerprint density at radius 2 is 1.71 bits per heavy atom. The highest BCUT2D eigenvalue weighted by Crippen LogP contribution is 2.30. The maximum Gasteiger partial charge on any atom is 0.408 e. The van der Waals surface area contributed by atoms with Crippen LogP contribution in [0.3, 0.4) is 0 Å². The minimum Gasteiger partial charge on any atom is -0.479 e. The number of nitrogens with one attached hydrogen (secondary N) is 2. The molecule has 0 fully saturated rings. The largest absolute Gasteiger partial charge is 0.479 e. The Morgan fingerprint density at radius 1 is 1.00 bits per heavy atom. The van der Waals surface area contributed by atoms with E-state index >= 15 is 0 Å². The molecular weight excluding hydrogens is 488 g/mol. The second kappa shape index (κ2) is 11.1. The lowest BCUT2D eigenvalue weighted by Gasteiger charge is -2.19. The molecule has 1 aromatic carbocycles. The Balaban J connectivity index is 1.48. The van der Waals surface area contributed by atoms with Gasteiger partial charge in [0.2, 0.25) is 5.88 Å². The molecule has 4 aromatic rings. The molecule has 0 spiro atoms. The summed E-state index contributed by atoms with van der Waals surface area (Å²) in [5, 5.41) is 9.52. The number of hydrogen-bond acceptors (Lipinski definition) is 9. The molecule has 0 aliphatic carbocycles. The first-order valence-corrected chi connectivity index (χ1v) is 11.8. The molecule has 11 nitrogen and oxygen atoms in total. The van der Waals surface area contributed by atoms with Crippen LogP contribution in [0, 0.1) is 6.92 Å². The second-order valence-corrected chi connectivity index (χ2v) is 9.28. The predicted molar refractivity (Wildman–Crippen MR) is 140 cm³/mol. The summed E-state index contributed by atoms with van der Waals surface area (Å²) in [4.78, 5) is 38.1. The number of nitrogens with zero attached hydrogens (tertiary/aromatic N) is 4. The summed E-state index contributed by atoms with van der Waals surface area (Å²) in [5.41, 5.74) is 2.48. The van der Waals surface area contributed by atoms with Crippen LogP contribution in [0.4, 0.5) is 10.5 Å². The molecule has 0 aliphatic rings. The van der Waals surface area contributed by atoms with E-state index < -0.39 is 17.6 Å². The SMILES string of the molecule is COc1nc(-c2cnc(CNC(=O)OC(C)(C)C)nc2)ccc1NC(=O)c1c(-c2ccccc2)noc1C. The quantitative estimate of drug-likeness (QED) is 0.355. The summed E-state index contributed by atoms with van der Waals surface area (Å²) in [6.07, 6.45) is 2.63. The van der Waals surface area contributed by atoms with Crippen LogP contribution in [0.15, 0.2) is 59.4 Å². The third-order valence-corrected chi connectivity index (χ3v) is 5.23. The van der Waals surface area contributed by atoms with Crippen LogP contribution >= 0.6 is 0 Å². The van der Waals surface area contributed by atoms with Gasteiger partial charge in [-0.1, -0.05) is 35.5 Å². The number of ether oxygens (including phenoxy) is 2. The Labute approximate surface area is 219 Å². The van der Waals surface area contributed by atoms with Crippen molar-refractivity contribution in [2.24, 2.45) is 0 Å². The van der Waals surface area contributed by atoms with Gasteiger partial charge in [-0.25, -0.2) is 19.7 Å². The van der Waals surface area contributed by atoms with Gasteiger partial charge in [-0.3, -0.25) is 4.79 Å². The molecule has 3 heterocycles. The van der Waals surface area contributed by atoms with Gasteiger partial charge in [0.15, 0.2) is 0 Å². The lowest BCUT2D eigenvalue weighted by molar-refractivity contribution is 0.0522. The molecule has 0 radical (unpaired) electrons. The number of aromatic nitrogens is 4. The van der Waals surface area contributed by atoms with Crippen molar-refractivity contribution in [3.8, 4) is 28.4 Å². The van der Waals surface area contributed by atoms with E-state index in [4.69, 9.17) is 14.0 Å². The first kappa shape index (κ1) is 26.3. The van der Waals surface area contributed by atoms with Crippen molar-refractivity contribution in [3.63, 3.8) is 0 Å². The normalized spacial score (nSPS) is 11.1. The highest BCUT2D eigenvalue weighted by Gasteiger charge is 2.23. The van der Waals surface area contributed by atoms with E-state index in [-0.39, 0.29) is 12.4 Å². The van der Waals surface area contributed by atoms with Crippen LogP contribution in [0.2, 0.25) is 0 Å². The molecule has 38 heavy (non-hydrogen) atoms.